The Balaban J connectivity index is 1.52. The van der Waals surface area contributed by atoms with Crippen molar-refractivity contribution in [2.45, 2.75) is 38.8 Å². The third-order valence-electron chi connectivity index (χ3n) is 5.55. The van der Waals surface area contributed by atoms with Crippen molar-refractivity contribution in [3.63, 3.8) is 0 Å². The van der Waals surface area contributed by atoms with Crippen molar-refractivity contribution in [2.24, 2.45) is 0 Å². The number of nitrogens with zero attached hydrogens (tertiary/aromatic N) is 3. The van der Waals surface area contributed by atoms with Crippen LogP contribution in [0.4, 0.5) is 10.1 Å². The molecule has 2 unspecified atom stereocenters. The van der Waals surface area contributed by atoms with E-state index >= 15 is 0 Å². The zero-order valence-corrected chi connectivity index (χ0v) is 16.2. The lowest BCUT2D eigenvalue weighted by Crippen LogP contribution is -2.57. The Morgan fingerprint density at radius 1 is 1.11 bits per heavy atom. The summed E-state index contributed by atoms with van der Waals surface area (Å²) in [6.07, 6.45) is 1.95. The molecule has 0 saturated carbocycles. The first kappa shape index (κ1) is 19.6. The van der Waals surface area contributed by atoms with Crippen LogP contribution in [-0.4, -0.2) is 73.0 Å². The molecule has 1 aromatic rings. The molecule has 2 aliphatic rings. The summed E-state index contributed by atoms with van der Waals surface area (Å²) < 4.78 is 13.1. The largest absolute Gasteiger partial charge is 0.368 e. The molecule has 2 atom stereocenters. The number of nitrogens with one attached hydrogen (secondary N) is 1. The zero-order chi connectivity index (χ0) is 19.4. The molecule has 0 bridgehead atoms. The molecule has 7 heteroatoms. The van der Waals surface area contributed by atoms with Gasteiger partial charge in [0.15, 0.2) is 0 Å². The number of amides is 2. The van der Waals surface area contributed by atoms with Crippen LogP contribution in [0.1, 0.15) is 26.7 Å². The van der Waals surface area contributed by atoms with E-state index in [9.17, 15) is 14.0 Å². The summed E-state index contributed by atoms with van der Waals surface area (Å²) in [5.74, 6) is -0.101. The molecule has 3 rings (SSSR count). The summed E-state index contributed by atoms with van der Waals surface area (Å²) in [4.78, 5) is 30.5. The van der Waals surface area contributed by atoms with Gasteiger partial charge in [0.25, 0.3) is 0 Å². The number of rotatable bonds is 4. The van der Waals surface area contributed by atoms with Crippen LogP contribution in [0.5, 0.6) is 0 Å². The second-order valence-corrected chi connectivity index (χ2v) is 7.50. The van der Waals surface area contributed by atoms with Gasteiger partial charge in [0, 0.05) is 51.4 Å². The normalized spacial score (nSPS) is 22.4. The van der Waals surface area contributed by atoms with Gasteiger partial charge in [-0.2, -0.15) is 0 Å². The van der Waals surface area contributed by atoms with Gasteiger partial charge in [-0.15, -0.1) is 0 Å². The first-order chi connectivity index (χ1) is 12.9. The van der Waals surface area contributed by atoms with Gasteiger partial charge in [-0.25, -0.2) is 4.39 Å². The molecule has 2 heterocycles. The third-order valence-corrected chi connectivity index (χ3v) is 5.55. The molecule has 2 saturated heterocycles. The number of likely N-dealkylation sites (tertiary alicyclic amines) is 1. The Labute approximate surface area is 160 Å². The molecule has 0 spiro atoms. The standard InChI is InChI=1S/C20H29FN4O2/c1-15(25-9-3-4-18(14-25)22-16(2)26)20(27)24-12-10-23(11-13-24)19-7-5-17(21)6-8-19/h5-8,15,18H,3-4,9-14H2,1-2H3,(H,22,26). The van der Waals surface area contributed by atoms with E-state index in [0.717, 1.165) is 44.7 Å². The average molecular weight is 376 g/mol. The Bertz CT molecular complexity index is 658. The Morgan fingerprint density at radius 2 is 1.78 bits per heavy atom. The summed E-state index contributed by atoms with van der Waals surface area (Å²) in [5.41, 5.74) is 0.991. The van der Waals surface area contributed by atoms with Crippen LogP contribution < -0.4 is 10.2 Å². The number of piperidine rings is 1. The van der Waals surface area contributed by atoms with Crippen molar-refractivity contribution in [2.75, 3.05) is 44.2 Å². The molecule has 2 amide bonds. The van der Waals surface area contributed by atoms with Crippen molar-refractivity contribution in [3.05, 3.63) is 30.1 Å². The van der Waals surface area contributed by atoms with Gasteiger partial charge < -0.3 is 15.1 Å². The lowest BCUT2D eigenvalue weighted by molar-refractivity contribution is -0.137. The number of anilines is 1. The summed E-state index contributed by atoms with van der Waals surface area (Å²) in [7, 11) is 0. The van der Waals surface area contributed by atoms with Crippen molar-refractivity contribution in [1.82, 2.24) is 15.1 Å². The number of benzene rings is 1. The van der Waals surface area contributed by atoms with Gasteiger partial charge in [-0.05, 0) is 50.6 Å². The van der Waals surface area contributed by atoms with Gasteiger partial charge in [-0.3, -0.25) is 14.5 Å². The highest BCUT2D eigenvalue weighted by atomic mass is 19.1. The fourth-order valence-corrected chi connectivity index (χ4v) is 4.02. The maximum atomic E-state index is 13.1. The summed E-state index contributed by atoms with van der Waals surface area (Å²) in [6, 6.07) is 6.45. The van der Waals surface area contributed by atoms with Gasteiger partial charge >= 0.3 is 0 Å². The number of halogens is 1. The minimum absolute atomic E-state index is 0.0160. The molecular formula is C20H29FN4O2. The van der Waals surface area contributed by atoms with Crippen LogP contribution in [0, 0.1) is 5.82 Å². The van der Waals surface area contributed by atoms with Gasteiger partial charge in [-0.1, -0.05) is 0 Å². The maximum absolute atomic E-state index is 13.1. The van der Waals surface area contributed by atoms with E-state index in [0.29, 0.717) is 13.1 Å². The van der Waals surface area contributed by atoms with Crippen molar-refractivity contribution >= 4 is 17.5 Å². The molecule has 1 N–H and O–H groups in total. The van der Waals surface area contributed by atoms with Crippen LogP contribution in [0.3, 0.4) is 0 Å². The lowest BCUT2D eigenvalue weighted by Gasteiger charge is -2.41. The van der Waals surface area contributed by atoms with E-state index in [1.54, 1.807) is 12.1 Å². The van der Waals surface area contributed by atoms with E-state index in [2.05, 4.69) is 15.1 Å². The minimum Gasteiger partial charge on any atom is -0.368 e. The molecule has 0 radical (unpaired) electrons. The molecule has 6 nitrogen and oxygen atoms in total. The number of carbonyl (C=O) groups is 2. The lowest BCUT2D eigenvalue weighted by atomic mass is 10.0. The van der Waals surface area contributed by atoms with Gasteiger partial charge in [0.2, 0.25) is 11.8 Å². The fraction of sp³-hybridized carbons (Fsp3) is 0.600. The number of carbonyl (C=O) groups excluding carboxylic acids is 2. The molecule has 1 aromatic carbocycles. The Kier molecular flexibility index (Phi) is 6.31. The molecule has 0 aromatic heterocycles. The minimum atomic E-state index is -0.236. The molecular weight excluding hydrogens is 347 g/mol. The van der Waals surface area contributed by atoms with Crippen molar-refractivity contribution in [1.29, 1.82) is 0 Å². The second kappa shape index (κ2) is 8.69. The van der Waals surface area contributed by atoms with E-state index in [1.165, 1.54) is 19.1 Å². The molecule has 2 fully saturated rings. The fourth-order valence-electron chi connectivity index (χ4n) is 4.02. The van der Waals surface area contributed by atoms with Crippen LogP contribution in [0.15, 0.2) is 24.3 Å². The number of hydrogen-bond acceptors (Lipinski definition) is 4. The van der Waals surface area contributed by atoms with E-state index in [-0.39, 0.29) is 29.7 Å². The Hall–Kier alpha value is -2.15. The van der Waals surface area contributed by atoms with E-state index < -0.39 is 0 Å². The summed E-state index contributed by atoms with van der Waals surface area (Å²) >= 11 is 0. The maximum Gasteiger partial charge on any atom is 0.239 e. The smallest absolute Gasteiger partial charge is 0.239 e. The molecule has 148 valence electrons. The Morgan fingerprint density at radius 3 is 2.41 bits per heavy atom. The third kappa shape index (κ3) is 4.97. The SMILES string of the molecule is CC(=O)NC1CCCN(C(C)C(=O)N2CCN(c3ccc(F)cc3)CC2)C1. The topological polar surface area (TPSA) is 55.9 Å². The first-order valence-corrected chi connectivity index (χ1v) is 9.74. The molecule has 0 aliphatic carbocycles. The predicted molar refractivity (Wildman–Crippen MR) is 103 cm³/mol. The summed E-state index contributed by atoms with van der Waals surface area (Å²) in [6.45, 7) is 7.95. The molecule has 27 heavy (non-hydrogen) atoms. The zero-order valence-electron chi connectivity index (χ0n) is 16.2. The summed E-state index contributed by atoms with van der Waals surface area (Å²) in [5, 5.41) is 2.97. The van der Waals surface area contributed by atoms with Crippen LogP contribution in [-0.2, 0) is 9.59 Å². The van der Waals surface area contributed by atoms with Gasteiger partial charge in [0.1, 0.15) is 5.82 Å². The second-order valence-electron chi connectivity index (χ2n) is 7.50. The number of hydrogen-bond donors (Lipinski definition) is 1. The van der Waals surface area contributed by atoms with Gasteiger partial charge in [0.05, 0.1) is 6.04 Å². The van der Waals surface area contributed by atoms with Crippen molar-refractivity contribution < 1.29 is 14.0 Å². The number of piperazine rings is 1. The predicted octanol–water partition coefficient (Wildman–Crippen LogP) is 1.46. The quantitative estimate of drug-likeness (QED) is 0.865. The van der Waals surface area contributed by atoms with Crippen molar-refractivity contribution in [3.8, 4) is 0 Å². The average Bonchev–Trinajstić information content (AvgIpc) is 2.67. The highest BCUT2D eigenvalue weighted by Crippen LogP contribution is 2.19. The molecule has 2 aliphatic heterocycles. The first-order valence-electron chi connectivity index (χ1n) is 9.74. The van der Waals surface area contributed by atoms with E-state index in [1.807, 2.05) is 11.8 Å². The van der Waals surface area contributed by atoms with E-state index in [4.69, 9.17) is 0 Å². The highest BCUT2D eigenvalue weighted by Gasteiger charge is 2.31. The van der Waals surface area contributed by atoms with Crippen LogP contribution in [0.25, 0.3) is 0 Å². The monoisotopic (exact) mass is 376 g/mol. The van der Waals surface area contributed by atoms with Crippen LogP contribution in [0.2, 0.25) is 0 Å². The van der Waals surface area contributed by atoms with Crippen LogP contribution >= 0.6 is 0 Å². The highest BCUT2D eigenvalue weighted by molar-refractivity contribution is 5.82.